The highest BCUT2D eigenvalue weighted by molar-refractivity contribution is 5.73. The van der Waals surface area contributed by atoms with Crippen molar-refractivity contribution < 1.29 is 58.7 Å². The lowest BCUT2D eigenvalue weighted by Crippen LogP contribution is -2.64. The van der Waals surface area contributed by atoms with Crippen LogP contribution in [0, 0.1) is 23.7 Å². The zero-order chi connectivity index (χ0) is 42.0. The number of cyclic esters (lactones) is 1. The molecule has 0 amide bonds. The molecule has 0 aromatic heterocycles. The van der Waals surface area contributed by atoms with Gasteiger partial charge in [-0.15, -0.1) is 0 Å². The molecule has 0 spiro atoms. The summed E-state index contributed by atoms with van der Waals surface area (Å²) in [4.78, 5) is 18.3. The molecular weight excluding hydrogens is 714 g/mol. The van der Waals surface area contributed by atoms with Crippen LogP contribution in [0.15, 0.2) is 0 Å². The number of aliphatic hydroxyl groups is 5. The van der Waals surface area contributed by atoms with Gasteiger partial charge >= 0.3 is 5.97 Å². The van der Waals surface area contributed by atoms with E-state index in [1.807, 2.05) is 65.7 Å². The molecular formula is C40H77N3O12. The van der Waals surface area contributed by atoms with Crippen LogP contribution in [0.3, 0.4) is 0 Å². The molecule has 3 heterocycles. The van der Waals surface area contributed by atoms with Crippen LogP contribution in [0.2, 0.25) is 0 Å². The van der Waals surface area contributed by atoms with Gasteiger partial charge in [-0.25, -0.2) is 0 Å². The lowest BCUT2D eigenvalue weighted by Gasteiger charge is -2.50. The summed E-state index contributed by atoms with van der Waals surface area (Å²) in [5, 5.41) is 62.7. The quantitative estimate of drug-likeness (QED) is 0.174. The zero-order valence-corrected chi connectivity index (χ0v) is 36.3. The Morgan fingerprint density at radius 3 is 2.04 bits per heavy atom. The van der Waals surface area contributed by atoms with Crippen LogP contribution in [0.5, 0.6) is 0 Å². The van der Waals surface area contributed by atoms with Gasteiger partial charge in [0.25, 0.3) is 0 Å². The summed E-state index contributed by atoms with van der Waals surface area (Å²) >= 11 is 0. The fraction of sp³-hybridized carbons (Fsp3) is 0.975. The van der Waals surface area contributed by atoms with E-state index in [9.17, 15) is 30.3 Å². The molecule has 3 aliphatic rings. The predicted octanol–water partition coefficient (Wildman–Crippen LogP) is 1.35. The van der Waals surface area contributed by atoms with Crippen molar-refractivity contribution in [2.45, 2.75) is 178 Å². The Hall–Kier alpha value is -1.05. The second-order valence-corrected chi connectivity index (χ2v) is 18.0. The van der Waals surface area contributed by atoms with E-state index >= 15 is 0 Å². The molecule has 3 fully saturated rings. The van der Waals surface area contributed by atoms with Gasteiger partial charge in [-0.1, -0.05) is 27.7 Å². The van der Waals surface area contributed by atoms with Gasteiger partial charge in [-0.05, 0) is 95.0 Å². The Kier molecular flexibility index (Phi) is 17.0. The Morgan fingerprint density at radius 1 is 0.891 bits per heavy atom. The first-order valence-electron chi connectivity index (χ1n) is 20.2. The molecule has 6 N–H and O–H groups in total. The number of carbonyl (C=O) groups excluding carboxylic acids is 1. The highest BCUT2D eigenvalue weighted by Gasteiger charge is 2.54. The predicted molar refractivity (Wildman–Crippen MR) is 207 cm³/mol. The standard InChI is InChI=1S/C40H77N3O12/c1-16-28-40(49,20-41-10)33(45)23(4)30(43(13)14)21(2)18-38(8,48)35(55-37-31(44)27(42(11)12)17-22(3)51-37)24(5)32(25(6)36(47)53-28)54-29-19-39(9,50-15)34(46)26(7)52-29/h21-35,37,41,44-46,48-49H,16-20H2,1-15H3/t21-,22-,23+,24+,25-,26+,27+,28?,29+,30-,31-,32?,33-,34+,35-,37+,38-,39-,40-/m1/s1. The number of hydrogen-bond donors (Lipinski definition) is 6. The Balaban J connectivity index is 2.26. The lowest BCUT2D eigenvalue weighted by atomic mass is 9.71. The Morgan fingerprint density at radius 2 is 1.51 bits per heavy atom. The van der Waals surface area contributed by atoms with Crippen molar-refractivity contribution in [1.29, 1.82) is 0 Å². The third-order valence-corrected chi connectivity index (χ3v) is 12.9. The minimum absolute atomic E-state index is 0.0566. The molecule has 3 aliphatic heterocycles. The molecule has 2 unspecified atom stereocenters. The number of ether oxygens (including phenoxy) is 6. The number of nitrogens with zero attached hydrogens (tertiary/aromatic N) is 2. The summed E-state index contributed by atoms with van der Waals surface area (Å²) in [6.45, 7) is 16.1. The van der Waals surface area contributed by atoms with Gasteiger partial charge in [0.05, 0.1) is 47.6 Å². The molecule has 0 saturated carbocycles. The van der Waals surface area contributed by atoms with Crippen molar-refractivity contribution in [1.82, 2.24) is 15.1 Å². The van der Waals surface area contributed by atoms with Gasteiger partial charge in [0, 0.05) is 44.0 Å². The summed E-state index contributed by atoms with van der Waals surface area (Å²) in [6.07, 6.45) is -8.56. The van der Waals surface area contributed by atoms with Crippen molar-refractivity contribution in [2.75, 3.05) is 48.9 Å². The maximum absolute atomic E-state index is 14.4. The third-order valence-electron chi connectivity index (χ3n) is 12.9. The van der Waals surface area contributed by atoms with Crippen molar-refractivity contribution in [2.24, 2.45) is 23.7 Å². The van der Waals surface area contributed by atoms with E-state index in [0.717, 1.165) is 0 Å². The fourth-order valence-corrected chi connectivity index (χ4v) is 9.92. The average Bonchev–Trinajstić information content (AvgIpc) is 3.09. The summed E-state index contributed by atoms with van der Waals surface area (Å²) < 4.78 is 37.9. The molecule has 0 bridgehead atoms. The Bertz CT molecular complexity index is 1210. The molecule has 15 heteroatoms. The minimum atomic E-state index is -1.88. The molecule has 3 saturated heterocycles. The number of hydrogen-bond acceptors (Lipinski definition) is 15. The molecule has 0 radical (unpaired) electrons. The highest BCUT2D eigenvalue weighted by Crippen LogP contribution is 2.42. The van der Waals surface area contributed by atoms with Gasteiger partial charge in [0.2, 0.25) is 0 Å². The number of esters is 1. The number of methoxy groups -OCH3 is 1. The second-order valence-electron chi connectivity index (χ2n) is 18.0. The van der Waals surface area contributed by atoms with Crippen molar-refractivity contribution in [3.05, 3.63) is 0 Å². The third kappa shape index (κ3) is 10.6. The van der Waals surface area contributed by atoms with Crippen molar-refractivity contribution in [3.63, 3.8) is 0 Å². The summed E-state index contributed by atoms with van der Waals surface area (Å²) in [6, 6.07) is -0.654. The van der Waals surface area contributed by atoms with Gasteiger partial charge in [-0.3, -0.25) is 4.79 Å². The van der Waals surface area contributed by atoms with Crippen molar-refractivity contribution >= 4 is 5.97 Å². The Labute approximate surface area is 330 Å². The van der Waals surface area contributed by atoms with E-state index in [4.69, 9.17) is 28.4 Å². The largest absolute Gasteiger partial charge is 0.459 e. The number of aliphatic hydroxyl groups excluding tert-OH is 3. The van der Waals surface area contributed by atoms with Crippen LogP contribution in [-0.2, 0) is 33.2 Å². The molecule has 0 aliphatic carbocycles. The zero-order valence-electron chi connectivity index (χ0n) is 36.3. The smallest absolute Gasteiger partial charge is 0.311 e. The fourth-order valence-electron chi connectivity index (χ4n) is 9.92. The first kappa shape index (κ1) is 48.3. The molecule has 15 nitrogen and oxygen atoms in total. The van der Waals surface area contributed by atoms with Crippen LogP contribution in [0.1, 0.15) is 88.0 Å². The topological polar surface area (TPSA) is 192 Å². The van der Waals surface area contributed by atoms with Crippen LogP contribution in [-0.4, -0.2) is 180 Å². The van der Waals surface area contributed by atoms with E-state index in [2.05, 4.69) is 5.32 Å². The summed E-state index contributed by atoms with van der Waals surface area (Å²) in [5.41, 5.74) is -4.54. The van der Waals surface area contributed by atoms with Gasteiger partial charge in [-0.2, -0.15) is 0 Å². The SMILES string of the molecule is CCC1OC(=O)[C@H](C)C(O[C@H]2C[C@@](C)(OC)[C@@H](O)[C@H](C)O2)[C@H](C)[C@@H](O[C@@H]2O[C@H](C)C[C@H](N(C)C)[C@H]2O)[C@](C)(O)C[C@@H](C)[C@@H](N(C)C)[C@H](C)[C@@H](O)[C@@]1(O)CNC. The van der Waals surface area contributed by atoms with Crippen LogP contribution in [0.4, 0.5) is 0 Å². The van der Waals surface area contributed by atoms with Crippen LogP contribution in [0.25, 0.3) is 0 Å². The summed E-state index contributed by atoms with van der Waals surface area (Å²) in [7, 11) is 10.7. The molecule has 0 aromatic carbocycles. The number of rotatable bonds is 10. The first-order chi connectivity index (χ1) is 25.4. The molecule has 324 valence electrons. The number of likely N-dealkylation sites (N-methyl/N-ethyl adjacent to an activating group) is 2. The molecule has 0 aromatic rings. The summed E-state index contributed by atoms with van der Waals surface area (Å²) in [5.74, 6) is -3.33. The van der Waals surface area contributed by atoms with Crippen molar-refractivity contribution in [3.8, 4) is 0 Å². The molecule has 3 rings (SSSR count). The van der Waals surface area contributed by atoms with E-state index in [-0.39, 0.29) is 49.9 Å². The monoisotopic (exact) mass is 792 g/mol. The number of nitrogens with one attached hydrogen (secondary N) is 1. The molecule has 19 atom stereocenters. The van der Waals surface area contributed by atoms with E-state index in [0.29, 0.717) is 6.42 Å². The van der Waals surface area contributed by atoms with Gasteiger partial charge < -0.3 is 69.1 Å². The number of carbonyl (C=O) groups is 1. The maximum atomic E-state index is 14.4. The van der Waals surface area contributed by atoms with Gasteiger partial charge in [0.15, 0.2) is 12.6 Å². The highest BCUT2D eigenvalue weighted by atomic mass is 16.7. The minimum Gasteiger partial charge on any atom is -0.459 e. The lowest BCUT2D eigenvalue weighted by molar-refractivity contribution is -0.318. The molecule has 55 heavy (non-hydrogen) atoms. The normalized spacial score (nSPS) is 48.4. The van der Waals surface area contributed by atoms with Gasteiger partial charge in [0.1, 0.15) is 23.9 Å². The maximum Gasteiger partial charge on any atom is 0.311 e. The first-order valence-corrected chi connectivity index (χ1v) is 20.2. The second kappa shape index (κ2) is 19.3. The van der Waals surface area contributed by atoms with E-state index < -0.39 is 95.8 Å². The van der Waals surface area contributed by atoms with Crippen LogP contribution >= 0.6 is 0 Å². The van der Waals surface area contributed by atoms with Crippen LogP contribution < -0.4 is 5.32 Å². The van der Waals surface area contributed by atoms with E-state index in [1.165, 1.54) is 7.11 Å². The van der Waals surface area contributed by atoms with E-state index in [1.54, 1.807) is 41.7 Å². The average molecular weight is 792 g/mol.